The number of likely N-dealkylation sites (tertiary alicyclic amines) is 1. The highest BCUT2D eigenvalue weighted by Crippen LogP contribution is 2.61. The highest BCUT2D eigenvalue weighted by atomic mass is 15.3. The normalized spacial score (nSPS) is 36.1. The van der Waals surface area contributed by atoms with Crippen molar-refractivity contribution in [2.24, 2.45) is 10.8 Å². The minimum absolute atomic E-state index is 0.282. The second-order valence-electron chi connectivity index (χ2n) is 7.95. The van der Waals surface area contributed by atoms with Gasteiger partial charge in [-0.25, -0.2) is 0 Å². The molecule has 0 radical (unpaired) electrons. The molecular formula is C15H27N. The van der Waals surface area contributed by atoms with E-state index in [0.29, 0.717) is 16.9 Å². The maximum atomic E-state index is 4.21. The van der Waals surface area contributed by atoms with E-state index < -0.39 is 0 Å². The minimum atomic E-state index is 0.282. The lowest BCUT2D eigenvalue weighted by Crippen LogP contribution is -2.49. The summed E-state index contributed by atoms with van der Waals surface area (Å²) in [6.07, 6.45) is 2.60. The fourth-order valence-corrected chi connectivity index (χ4v) is 3.21. The molecule has 1 nitrogen and oxygen atoms in total. The van der Waals surface area contributed by atoms with E-state index in [4.69, 9.17) is 0 Å². The molecule has 1 aliphatic heterocycles. The molecule has 1 heterocycles. The van der Waals surface area contributed by atoms with E-state index in [0.717, 1.165) is 0 Å². The van der Waals surface area contributed by atoms with E-state index in [2.05, 4.69) is 53.0 Å². The molecule has 0 bridgehead atoms. The molecule has 2 atom stereocenters. The molecule has 1 saturated heterocycles. The molecule has 0 amide bonds. The topological polar surface area (TPSA) is 3.24 Å². The van der Waals surface area contributed by atoms with Crippen LogP contribution in [-0.4, -0.2) is 23.0 Å². The number of hydrogen-bond donors (Lipinski definition) is 0. The maximum absolute atomic E-state index is 4.21. The minimum Gasteiger partial charge on any atom is -0.294 e. The Bertz CT molecular complexity index is 291. The van der Waals surface area contributed by atoms with E-state index in [-0.39, 0.29) is 5.54 Å². The predicted molar refractivity (Wildman–Crippen MR) is 70.5 cm³/mol. The zero-order valence-electron chi connectivity index (χ0n) is 11.9. The predicted octanol–water partition coefficient (Wildman–Crippen LogP) is 3.85. The van der Waals surface area contributed by atoms with Gasteiger partial charge in [0.2, 0.25) is 0 Å². The molecule has 16 heavy (non-hydrogen) atoms. The smallest absolute Gasteiger partial charge is 0.0158 e. The van der Waals surface area contributed by atoms with E-state index in [1.165, 1.54) is 25.0 Å². The number of nitrogens with zero attached hydrogens (tertiary/aromatic N) is 1. The second-order valence-corrected chi connectivity index (χ2v) is 7.95. The van der Waals surface area contributed by atoms with Gasteiger partial charge in [-0.05, 0) is 39.0 Å². The first-order valence-corrected chi connectivity index (χ1v) is 6.51. The van der Waals surface area contributed by atoms with Crippen molar-refractivity contribution in [2.45, 2.75) is 66.0 Å². The third-order valence-corrected chi connectivity index (χ3v) is 4.47. The SMILES string of the molecule is C=C1CC12CC(C(C)(C)C)N(C(C)(C)C)C2. The quantitative estimate of drug-likeness (QED) is 0.562. The number of hydrogen-bond acceptors (Lipinski definition) is 1. The lowest BCUT2D eigenvalue weighted by Gasteiger charge is -2.43. The fourth-order valence-electron chi connectivity index (χ4n) is 3.21. The molecule has 2 unspecified atom stereocenters. The molecule has 1 spiro atoms. The largest absolute Gasteiger partial charge is 0.294 e. The van der Waals surface area contributed by atoms with E-state index >= 15 is 0 Å². The van der Waals surface area contributed by atoms with Crippen LogP contribution in [0.5, 0.6) is 0 Å². The van der Waals surface area contributed by atoms with Gasteiger partial charge < -0.3 is 0 Å². The van der Waals surface area contributed by atoms with Gasteiger partial charge in [-0.1, -0.05) is 32.9 Å². The lowest BCUT2D eigenvalue weighted by atomic mass is 9.82. The first-order valence-electron chi connectivity index (χ1n) is 6.51. The summed E-state index contributed by atoms with van der Waals surface area (Å²) in [6, 6.07) is 0.701. The van der Waals surface area contributed by atoms with E-state index in [1.807, 2.05) is 0 Å². The van der Waals surface area contributed by atoms with Crippen LogP contribution in [0.15, 0.2) is 12.2 Å². The molecule has 0 aromatic heterocycles. The van der Waals surface area contributed by atoms with Crippen LogP contribution < -0.4 is 0 Å². The molecule has 92 valence electrons. The van der Waals surface area contributed by atoms with Crippen LogP contribution in [0, 0.1) is 10.8 Å². The molecular weight excluding hydrogens is 194 g/mol. The van der Waals surface area contributed by atoms with Gasteiger partial charge in [0.15, 0.2) is 0 Å². The van der Waals surface area contributed by atoms with Crippen LogP contribution >= 0.6 is 0 Å². The molecule has 2 rings (SSSR count). The molecule has 0 aromatic rings. The van der Waals surface area contributed by atoms with Gasteiger partial charge in [-0.15, -0.1) is 0 Å². The van der Waals surface area contributed by atoms with E-state index in [1.54, 1.807) is 0 Å². The van der Waals surface area contributed by atoms with Crippen molar-refractivity contribution in [3.63, 3.8) is 0 Å². The summed E-state index contributed by atoms with van der Waals surface area (Å²) in [7, 11) is 0. The molecule has 2 aliphatic rings. The van der Waals surface area contributed by atoms with Gasteiger partial charge in [0.1, 0.15) is 0 Å². The Labute approximate surface area is 101 Å². The summed E-state index contributed by atoms with van der Waals surface area (Å²) in [5.74, 6) is 0. The Morgan fingerprint density at radius 2 is 1.69 bits per heavy atom. The highest BCUT2D eigenvalue weighted by Gasteiger charge is 2.58. The Balaban J connectivity index is 2.26. The first kappa shape index (κ1) is 12.2. The Morgan fingerprint density at radius 1 is 1.19 bits per heavy atom. The van der Waals surface area contributed by atoms with Crippen LogP contribution in [0.4, 0.5) is 0 Å². The van der Waals surface area contributed by atoms with Crippen LogP contribution in [0.25, 0.3) is 0 Å². The molecule has 0 aromatic carbocycles. The first-order chi connectivity index (χ1) is 7.06. The van der Waals surface area contributed by atoms with Gasteiger partial charge in [-0.2, -0.15) is 0 Å². The zero-order chi connectivity index (χ0) is 12.4. The van der Waals surface area contributed by atoms with Crippen molar-refractivity contribution in [1.82, 2.24) is 4.90 Å². The number of rotatable bonds is 0. The second kappa shape index (κ2) is 3.13. The molecule has 2 fully saturated rings. The van der Waals surface area contributed by atoms with Crippen LogP contribution in [0.1, 0.15) is 54.4 Å². The standard InChI is InChI=1S/C15H27N/c1-11-8-15(11)9-12(13(2,3)4)16(10-15)14(5,6)7/h12H,1,8-10H2,2-7H3. The zero-order valence-corrected chi connectivity index (χ0v) is 11.9. The van der Waals surface area contributed by atoms with Gasteiger partial charge >= 0.3 is 0 Å². The molecule has 0 N–H and O–H groups in total. The summed E-state index contributed by atoms with van der Waals surface area (Å²) >= 11 is 0. The summed E-state index contributed by atoms with van der Waals surface area (Å²) in [5.41, 5.74) is 2.64. The van der Waals surface area contributed by atoms with Crippen molar-refractivity contribution in [3.05, 3.63) is 12.2 Å². The average molecular weight is 221 g/mol. The van der Waals surface area contributed by atoms with Crippen molar-refractivity contribution < 1.29 is 0 Å². The van der Waals surface area contributed by atoms with Crippen LogP contribution in [0.2, 0.25) is 0 Å². The highest BCUT2D eigenvalue weighted by molar-refractivity contribution is 5.34. The summed E-state index contributed by atoms with van der Waals surface area (Å²) in [4.78, 5) is 2.71. The summed E-state index contributed by atoms with van der Waals surface area (Å²) in [5, 5.41) is 0. The van der Waals surface area contributed by atoms with Crippen LogP contribution in [-0.2, 0) is 0 Å². The van der Waals surface area contributed by atoms with Crippen molar-refractivity contribution >= 4 is 0 Å². The molecule has 1 heteroatoms. The van der Waals surface area contributed by atoms with Gasteiger partial charge in [0.25, 0.3) is 0 Å². The summed E-state index contributed by atoms with van der Waals surface area (Å²) < 4.78 is 0. The van der Waals surface area contributed by atoms with Crippen LogP contribution in [0.3, 0.4) is 0 Å². The third-order valence-electron chi connectivity index (χ3n) is 4.47. The monoisotopic (exact) mass is 221 g/mol. The van der Waals surface area contributed by atoms with Crippen molar-refractivity contribution in [1.29, 1.82) is 0 Å². The Kier molecular flexibility index (Phi) is 2.38. The molecule has 1 saturated carbocycles. The fraction of sp³-hybridized carbons (Fsp3) is 0.867. The van der Waals surface area contributed by atoms with Gasteiger partial charge in [0, 0.05) is 23.5 Å². The van der Waals surface area contributed by atoms with Gasteiger partial charge in [-0.3, -0.25) is 4.90 Å². The third kappa shape index (κ3) is 1.84. The average Bonchev–Trinajstić information content (AvgIpc) is 2.55. The summed E-state index contributed by atoms with van der Waals surface area (Å²) in [6.45, 7) is 19.6. The van der Waals surface area contributed by atoms with E-state index in [9.17, 15) is 0 Å². The Hall–Kier alpha value is -0.300. The maximum Gasteiger partial charge on any atom is 0.0158 e. The van der Waals surface area contributed by atoms with Gasteiger partial charge in [0.05, 0.1) is 0 Å². The Morgan fingerprint density at radius 3 is 1.94 bits per heavy atom. The van der Waals surface area contributed by atoms with Crippen molar-refractivity contribution in [2.75, 3.05) is 6.54 Å². The lowest BCUT2D eigenvalue weighted by molar-refractivity contribution is 0.0573. The van der Waals surface area contributed by atoms with Crippen molar-refractivity contribution in [3.8, 4) is 0 Å². The molecule has 1 aliphatic carbocycles.